The molecule has 3 aromatic rings. The molecule has 0 atom stereocenters. The molecule has 4 nitrogen and oxygen atoms in total. The van der Waals surface area contributed by atoms with E-state index in [1.807, 2.05) is 12.3 Å². The summed E-state index contributed by atoms with van der Waals surface area (Å²) < 4.78 is 0. The molecule has 2 aromatic heterocycles. The Labute approximate surface area is 149 Å². The molecule has 2 N–H and O–H groups in total. The highest BCUT2D eigenvalue weighted by Gasteiger charge is 2.23. The molecule has 25 heavy (non-hydrogen) atoms. The normalized spacial score (nSPS) is 15.9. The van der Waals surface area contributed by atoms with E-state index >= 15 is 0 Å². The molecule has 1 fully saturated rings. The Kier molecular flexibility index (Phi) is 4.81. The number of piperidine rings is 1. The first-order chi connectivity index (χ1) is 12.3. The molecule has 4 heteroatoms. The summed E-state index contributed by atoms with van der Waals surface area (Å²) in [6.07, 6.45) is 4.27. The van der Waals surface area contributed by atoms with Crippen LogP contribution >= 0.6 is 0 Å². The van der Waals surface area contributed by atoms with E-state index in [4.69, 9.17) is 0 Å². The van der Waals surface area contributed by atoms with Crippen LogP contribution < -0.4 is 5.32 Å². The van der Waals surface area contributed by atoms with Crippen molar-refractivity contribution in [1.29, 1.82) is 0 Å². The first kappa shape index (κ1) is 16.3. The number of rotatable bonds is 5. The van der Waals surface area contributed by atoms with Gasteiger partial charge in [-0.2, -0.15) is 0 Å². The van der Waals surface area contributed by atoms with Gasteiger partial charge >= 0.3 is 0 Å². The smallest absolute Gasteiger partial charge is 0.137 e. The molecule has 1 aromatic carbocycles. The van der Waals surface area contributed by atoms with Crippen LogP contribution in [0.2, 0.25) is 0 Å². The van der Waals surface area contributed by atoms with Crippen molar-refractivity contribution >= 4 is 11.0 Å². The lowest BCUT2D eigenvalue weighted by atomic mass is 9.91. The zero-order valence-corrected chi connectivity index (χ0v) is 14.8. The highest BCUT2D eigenvalue weighted by Crippen LogP contribution is 2.32. The average molecular weight is 334 g/mol. The van der Waals surface area contributed by atoms with Crippen molar-refractivity contribution in [2.45, 2.75) is 31.8 Å². The zero-order valence-electron chi connectivity index (χ0n) is 14.8. The molecule has 1 saturated heterocycles. The number of nitrogens with zero attached hydrogens (tertiary/aromatic N) is 2. The summed E-state index contributed by atoms with van der Waals surface area (Å²) in [5.74, 6) is 0.607. The number of hydrogen-bond acceptors (Lipinski definition) is 3. The van der Waals surface area contributed by atoms with Crippen molar-refractivity contribution < 1.29 is 0 Å². The number of aromatic amines is 1. The van der Waals surface area contributed by atoms with Crippen molar-refractivity contribution in [2.24, 2.45) is 0 Å². The van der Waals surface area contributed by atoms with Gasteiger partial charge in [0.1, 0.15) is 5.65 Å². The van der Waals surface area contributed by atoms with E-state index < -0.39 is 0 Å². The van der Waals surface area contributed by atoms with Gasteiger partial charge in [-0.15, -0.1) is 0 Å². The average Bonchev–Trinajstić information content (AvgIpc) is 3.02. The van der Waals surface area contributed by atoms with Crippen LogP contribution in [-0.2, 0) is 13.1 Å². The van der Waals surface area contributed by atoms with Crippen LogP contribution in [0, 0.1) is 0 Å². The number of nitrogens with one attached hydrogen (secondary N) is 2. The van der Waals surface area contributed by atoms with E-state index in [9.17, 15) is 0 Å². The summed E-state index contributed by atoms with van der Waals surface area (Å²) in [5.41, 5.74) is 5.20. The quantitative estimate of drug-likeness (QED) is 0.748. The largest absolute Gasteiger partial charge is 0.343 e. The molecule has 1 aliphatic heterocycles. The van der Waals surface area contributed by atoms with E-state index in [1.54, 1.807) is 0 Å². The number of hydrogen-bond donors (Lipinski definition) is 2. The van der Waals surface area contributed by atoms with Gasteiger partial charge in [0.05, 0.1) is 0 Å². The molecule has 0 radical (unpaired) electrons. The standard InChI is InChI=1S/C21H26N4/c1-25(14-16-6-3-2-4-7-16)15-19-18-8-5-11-23-21(18)24-20(19)17-9-12-22-13-10-17/h2-8,11,17,22H,9-10,12-15H2,1H3,(H,23,24). The van der Waals surface area contributed by atoms with Crippen LogP contribution in [0.5, 0.6) is 0 Å². The SMILES string of the molecule is CN(Cc1ccccc1)Cc1c(C2CCNCC2)[nH]c2ncccc12. The second-order valence-electron chi connectivity index (χ2n) is 7.10. The highest BCUT2D eigenvalue weighted by atomic mass is 15.1. The molecular weight excluding hydrogens is 308 g/mol. The number of pyridine rings is 1. The maximum Gasteiger partial charge on any atom is 0.137 e. The summed E-state index contributed by atoms with van der Waals surface area (Å²) in [5, 5.41) is 4.75. The molecule has 130 valence electrons. The van der Waals surface area contributed by atoms with E-state index in [0.29, 0.717) is 5.92 Å². The third kappa shape index (κ3) is 3.60. The molecule has 0 unspecified atom stereocenters. The lowest BCUT2D eigenvalue weighted by molar-refractivity contribution is 0.317. The van der Waals surface area contributed by atoms with Crippen LogP contribution in [0.4, 0.5) is 0 Å². The Morgan fingerprint density at radius 1 is 1.04 bits per heavy atom. The van der Waals surface area contributed by atoms with Gasteiger partial charge in [-0.3, -0.25) is 4.90 Å². The van der Waals surface area contributed by atoms with Crippen molar-refractivity contribution in [1.82, 2.24) is 20.2 Å². The van der Waals surface area contributed by atoms with E-state index in [2.05, 4.69) is 63.6 Å². The molecular formula is C21H26N4. The fourth-order valence-electron chi connectivity index (χ4n) is 3.95. The van der Waals surface area contributed by atoms with Gasteiger partial charge < -0.3 is 10.3 Å². The Balaban J connectivity index is 1.62. The highest BCUT2D eigenvalue weighted by molar-refractivity contribution is 5.81. The molecule has 4 rings (SSSR count). The minimum atomic E-state index is 0.607. The number of benzene rings is 1. The van der Waals surface area contributed by atoms with Crippen molar-refractivity contribution in [3.05, 3.63) is 65.5 Å². The Hall–Kier alpha value is -2.17. The van der Waals surface area contributed by atoms with Crippen LogP contribution in [0.25, 0.3) is 11.0 Å². The molecule has 0 bridgehead atoms. The first-order valence-electron chi connectivity index (χ1n) is 9.20. The predicted octanol–water partition coefficient (Wildman–Crippen LogP) is 3.66. The summed E-state index contributed by atoms with van der Waals surface area (Å²) in [6, 6.07) is 14.9. The number of aromatic nitrogens is 2. The fourth-order valence-corrected chi connectivity index (χ4v) is 3.95. The Morgan fingerprint density at radius 3 is 2.64 bits per heavy atom. The third-order valence-electron chi connectivity index (χ3n) is 5.18. The van der Waals surface area contributed by atoms with Crippen LogP contribution in [0.3, 0.4) is 0 Å². The Bertz CT molecular complexity index is 818. The predicted molar refractivity (Wildman–Crippen MR) is 103 cm³/mol. The minimum Gasteiger partial charge on any atom is -0.343 e. The maximum atomic E-state index is 4.56. The maximum absolute atomic E-state index is 4.56. The first-order valence-corrected chi connectivity index (χ1v) is 9.20. The lowest BCUT2D eigenvalue weighted by Gasteiger charge is -2.24. The van der Waals surface area contributed by atoms with Gasteiger partial charge in [0.15, 0.2) is 0 Å². The second-order valence-corrected chi connectivity index (χ2v) is 7.10. The van der Waals surface area contributed by atoms with Crippen molar-refractivity contribution in [3.8, 4) is 0 Å². The van der Waals surface area contributed by atoms with Crippen molar-refractivity contribution in [2.75, 3.05) is 20.1 Å². The Morgan fingerprint density at radius 2 is 1.84 bits per heavy atom. The van der Waals surface area contributed by atoms with Gasteiger partial charge in [-0.25, -0.2) is 4.98 Å². The molecule has 0 aliphatic carbocycles. The van der Waals surface area contributed by atoms with Gasteiger partial charge in [-0.05, 0) is 56.2 Å². The van der Waals surface area contributed by atoms with Crippen LogP contribution in [0.15, 0.2) is 48.7 Å². The van der Waals surface area contributed by atoms with Crippen molar-refractivity contribution in [3.63, 3.8) is 0 Å². The van der Waals surface area contributed by atoms with E-state index in [-0.39, 0.29) is 0 Å². The summed E-state index contributed by atoms with van der Waals surface area (Å²) in [6.45, 7) is 4.11. The molecule has 1 aliphatic rings. The monoisotopic (exact) mass is 334 g/mol. The molecule has 3 heterocycles. The number of H-pyrrole nitrogens is 1. The van der Waals surface area contributed by atoms with E-state index in [0.717, 1.165) is 31.8 Å². The third-order valence-corrected chi connectivity index (χ3v) is 5.18. The van der Waals surface area contributed by atoms with Crippen LogP contribution in [0.1, 0.15) is 35.6 Å². The van der Waals surface area contributed by atoms with Gasteiger partial charge in [0.2, 0.25) is 0 Å². The van der Waals surface area contributed by atoms with Gasteiger partial charge in [0.25, 0.3) is 0 Å². The lowest BCUT2D eigenvalue weighted by Crippen LogP contribution is -2.27. The summed E-state index contributed by atoms with van der Waals surface area (Å²) >= 11 is 0. The number of fused-ring (bicyclic) bond motifs is 1. The molecule has 0 saturated carbocycles. The zero-order chi connectivity index (χ0) is 17.1. The van der Waals surface area contributed by atoms with Gasteiger partial charge in [0, 0.05) is 36.3 Å². The molecule has 0 spiro atoms. The van der Waals surface area contributed by atoms with E-state index in [1.165, 1.54) is 35.0 Å². The minimum absolute atomic E-state index is 0.607. The summed E-state index contributed by atoms with van der Waals surface area (Å²) in [7, 11) is 2.20. The van der Waals surface area contributed by atoms with Gasteiger partial charge in [-0.1, -0.05) is 30.3 Å². The molecule has 0 amide bonds. The van der Waals surface area contributed by atoms with Crippen LogP contribution in [-0.4, -0.2) is 35.0 Å². The fraction of sp³-hybridized carbons (Fsp3) is 0.381. The summed E-state index contributed by atoms with van der Waals surface area (Å²) in [4.78, 5) is 10.6. The topological polar surface area (TPSA) is 44.0 Å². The second kappa shape index (κ2) is 7.38.